The smallest absolute Gasteiger partial charge is 0.355 e. The Labute approximate surface area is 183 Å². The van der Waals surface area contributed by atoms with E-state index in [0.29, 0.717) is 10.6 Å². The minimum Gasteiger partial charge on any atom is -0.355 e. The number of H-pyrrole nitrogens is 2. The highest BCUT2D eigenvalue weighted by Gasteiger charge is 2.39. The Balaban J connectivity index is 1.51. The highest BCUT2D eigenvalue weighted by Crippen LogP contribution is 2.38. The fourth-order valence-corrected chi connectivity index (χ4v) is 4.35. The second-order valence-corrected chi connectivity index (χ2v) is 8.08. The molecule has 1 aliphatic rings. The van der Waals surface area contributed by atoms with Gasteiger partial charge in [-0.3, -0.25) is 0 Å². The first kappa shape index (κ1) is 17.9. The summed E-state index contributed by atoms with van der Waals surface area (Å²) in [7, 11) is 0. The molecular formula is C26H17ClN3O+. The minimum absolute atomic E-state index is 0.0884. The molecule has 148 valence electrons. The number of halogens is 1. The Hall–Kier alpha value is -3.89. The highest BCUT2D eigenvalue weighted by molar-refractivity contribution is 6.32. The molecule has 5 aromatic rings. The van der Waals surface area contributed by atoms with Crippen LogP contribution in [0.3, 0.4) is 0 Å². The Morgan fingerprint density at radius 3 is 2.13 bits per heavy atom. The van der Waals surface area contributed by atoms with Crippen molar-refractivity contribution in [1.29, 1.82) is 0 Å². The number of benzene rings is 3. The van der Waals surface area contributed by atoms with Crippen molar-refractivity contribution >= 4 is 62.9 Å². The minimum atomic E-state index is -0.0884. The molecular weight excluding hydrogens is 406 g/mol. The Morgan fingerprint density at radius 1 is 0.774 bits per heavy atom. The first-order chi connectivity index (χ1) is 15.2. The van der Waals surface area contributed by atoms with Crippen LogP contribution in [0.15, 0.2) is 78.9 Å². The zero-order chi connectivity index (χ0) is 20.9. The monoisotopic (exact) mass is 422 g/mol. The van der Waals surface area contributed by atoms with E-state index in [1.807, 2.05) is 85.1 Å². The third kappa shape index (κ3) is 3.00. The van der Waals surface area contributed by atoms with Gasteiger partial charge >= 0.3 is 5.91 Å². The van der Waals surface area contributed by atoms with Gasteiger partial charge in [0, 0.05) is 33.2 Å². The molecule has 0 spiro atoms. The number of rotatable bonds is 2. The summed E-state index contributed by atoms with van der Waals surface area (Å²) in [6.45, 7) is 0. The average molecular weight is 423 g/mol. The zero-order valence-electron chi connectivity index (χ0n) is 16.4. The molecule has 5 heteroatoms. The molecule has 0 unspecified atom stereocenters. The van der Waals surface area contributed by atoms with Crippen LogP contribution in [0, 0.1) is 0 Å². The number of nitrogens with one attached hydrogen (secondary N) is 2. The normalized spacial score (nSPS) is 16.1. The quantitative estimate of drug-likeness (QED) is 0.260. The first-order valence-electron chi connectivity index (χ1n) is 10.0. The summed E-state index contributed by atoms with van der Waals surface area (Å²) >= 11 is 6.28. The van der Waals surface area contributed by atoms with Crippen LogP contribution in [0.4, 0.5) is 5.69 Å². The van der Waals surface area contributed by atoms with E-state index in [9.17, 15) is 4.79 Å². The number of amides is 1. The summed E-state index contributed by atoms with van der Waals surface area (Å²) < 4.78 is 1.67. The molecule has 4 nitrogen and oxygen atoms in total. The molecule has 3 heterocycles. The summed E-state index contributed by atoms with van der Waals surface area (Å²) in [5.74, 6) is -0.0884. The SMILES string of the molecule is O=C1C(=Cc2cc3ccccc3[nH]2)c2ccc(Cl)cc2[N+]1=Cc1cc2ccccc2[nH]1. The van der Waals surface area contributed by atoms with Crippen LogP contribution >= 0.6 is 11.6 Å². The lowest BCUT2D eigenvalue weighted by atomic mass is 10.1. The van der Waals surface area contributed by atoms with Gasteiger partial charge in [0.25, 0.3) is 0 Å². The van der Waals surface area contributed by atoms with Crippen LogP contribution in [0.5, 0.6) is 0 Å². The standard InChI is InChI=1S/C26H16ClN3O/c27-18-9-10-21-22(14-19-11-16-5-1-3-7-23(16)28-19)26(31)30(25(21)13-18)15-20-12-17-6-2-4-8-24(17)29-20/h1-15H,(H,28,31)/p+1. The summed E-state index contributed by atoms with van der Waals surface area (Å²) in [6.07, 6.45) is 3.75. The van der Waals surface area contributed by atoms with Gasteiger partial charge in [-0.15, -0.1) is 4.58 Å². The number of aromatic amines is 2. The fourth-order valence-electron chi connectivity index (χ4n) is 4.19. The maximum absolute atomic E-state index is 13.5. The molecule has 0 fully saturated rings. The highest BCUT2D eigenvalue weighted by atomic mass is 35.5. The summed E-state index contributed by atoms with van der Waals surface area (Å²) in [5, 5.41) is 2.80. The van der Waals surface area contributed by atoms with Crippen molar-refractivity contribution in [1.82, 2.24) is 9.97 Å². The molecule has 0 radical (unpaired) electrons. The van der Waals surface area contributed by atoms with Crippen LogP contribution in [0.25, 0.3) is 33.5 Å². The first-order valence-corrected chi connectivity index (χ1v) is 10.4. The van der Waals surface area contributed by atoms with Gasteiger partial charge in [0.15, 0.2) is 0 Å². The van der Waals surface area contributed by atoms with Crippen molar-refractivity contribution < 1.29 is 9.37 Å². The van der Waals surface area contributed by atoms with Gasteiger partial charge in [0.2, 0.25) is 11.9 Å². The Morgan fingerprint density at radius 2 is 1.42 bits per heavy atom. The van der Waals surface area contributed by atoms with E-state index in [-0.39, 0.29) is 5.91 Å². The van der Waals surface area contributed by atoms with Gasteiger partial charge < -0.3 is 9.97 Å². The fraction of sp³-hybridized carbons (Fsp3) is 0. The van der Waals surface area contributed by atoms with Gasteiger partial charge in [0.1, 0.15) is 11.3 Å². The maximum atomic E-state index is 13.5. The predicted molar refractivity (Wildman–Crippen MR) is 126 cm³/mol. The van der Waals surface area contributed by atoms with Gasteiger partial charge in [-0.2, -0.15) is 0 Å². The molecule has 0 atom stereocenters. The summed E-state index contributed by atoms with van der Waals surface area (Å²) in [4.78, 5) is 20.2. The molecule has 0 bridgehead atoms. The van der Waals surface area contributed by atoms with E-state index in [4.69, 9.17) is 11.6 Å². The van der Waals surface area contributed by atoms with Crippen molar-refractivity contribution in [2.75, 3.05) is 0 Å². The lowest BCUT2D eigenvalue weighted by Crippen LogP contribution is -2.12. The molecule has 3 aromatic carbocycles. The molecule has 0 saturated heterocycles. The van der Waals surface area contributed by atoms with E-state index < -0.39 is 0 Å². The zero-order valence-corrected chi connectivity index (χ0v) is 17.1. The lowest BCUT2D eigenvalue weighted by Gasteiger charge is -1.94. The van der Waals surface area contributed by atoms with Crippen LogP contribution in [-0.2, 0) is 4.79 Å². The number of fused-ring (bicyclic) bond motifs is 3. The number of para-hydroxylation sites is 2. The van der Waals surface area contributed by atoms with Gasteiger partial charge in [-0.25, -0.2) is 4.79 Å². The van der Waals surface area contributed by atoms with Crippen LogP contribution in [0.1, 0.15) is 17.0 Å². The number of carbonyl (C=O) groups excluding carboxylic acids is 1. The van der Waals surface area contributed by atoms with Gasteiger partial charge in [-0.1, -0.05) is 48.0 Å². The number of carbonyl (C=O) groups is 1. The summed E-state index contributed by atoms with van der Waals surface area (Å²) in [5.41, 5.74) is 6.08. The van der Waals surface area contributed by atoms with Crippen molar-refractivity contribution in [2.45, 2.75) is 0 Å². The molecule has 2 aromatic heterocycles. The molecule has 6 rings (SSSR count). The van der Waals surface area contributed by atoms with E-state index in [0.717, 1.165) is 44.4 Å². The van der Waals surface area contributed by atoms with Gasteiger partial charge in [-0.05, 0) is 47.9 Å². The average Bonchev–Trinajstić information content (AvgIpc) is 3.44. The van der Waals surface area contributed by atoms with Crippen molar-refractivity contribution in [3.63, 3.8) is 0 Å². The van der Waals surface area contributed by atoms with E-state index in [1.165, 1.54) is 0 Å². The van der Waals surface area contributed by atoms with Gasteiger partial charge in [0.05, 0.1) is 5.56 Å². The van der Waals surface area contributed by atoms with Crippen LogP contribution in [-0.4, -0.2) is 26.7 Å². The molecule has 0 saturated carbocycles. The molecule has 31 heavy (non-hydrogen) atoms. The second kappa shape index (κ2) is 6.83. The third-order valence-electron chi connectivity index (χ3n) is 5.63. The Kier molecular flexibility index (Phi) is 3.95. The largest absolute Gasteiger partial charge is 0.426 e. The number of nitrogens with zero attached hydrogens (tertiary/aromatic N) is 1. The molecule has 1 aliphatic heterocycles. The van der Waals surface area contributed by atoms with E-state index >= 15 is 0 Å². The maximum Gasteiger partial charge on any atom is 0.426 e. The van der Waals surface area contributed by atoms with Crippen molar-refractivity contribution in [3.05, 3.63) is 101 Å². The van der Waals surface area contributed by atoms with Crippen molar-refractivity contribution in [3.8, 4) is 0 Å². The number of hydrogen-bond donors (Lipinski definition) is 2. The van der Waals surface area contributed by atoms with Crippen LogP contribution in [0.2, 0.25) is 5.02 Å². The Bertz CT molecular complexity index is 1500. The predicted octanol–water partition coefficient (Wildman–Crippen LogP) is 6.15. The van der Waals surface area contributed by atoms with Crippen LogP contribution < -0.4 is 0 Å². The summed E-state index contributed by atoms with van der Waals surface area (Å²) in [6, 6.07) is 25.8. The topological polar surface area (TPSA) is 51.7 Å². The number of hydrogen-bond acceptors (Lipinski definition) is 1. The van der Waals surface area contributed by atoms with Crippen molar-refractivity contribution in [2.24, 2.45) is 0 Å². The molecule has 1 amide bonds. The number of aromatic nitrogens is 2. The molecule has 0 aliphatic carbocycles. The molecule has 2 N–H and O–H groups in total. The van der Waals surface area contributed by atoms with E-state index in [1.54, 1.807) is 4.58 Å². The third-order valence-corrected chi connectivity index (χ3v) is 5.86. The second-order valence-electron chi connectivity index (χ2n) is 7.65. The van der Waals surface area contributed by atoms with E-state index in [2.05, 4.69) is 16.0 Å². The lowest BCUT2D eigenvalue weighted by molar-refractivity contribution is -0.349.